The summed E-state index contributed by atoms with van der Waals surface area (Å²) in [5, 5.41) is 0. The van der Waals surface area contributed by atoms with E-state index in [1.807, 2.05) is 45.0 Å². The number of aryl methyl sites for hydroxylation is 1. The van der Waals surface area contributed by atoms with Gasteiger partial charge >= 0.3 is 0 Å². The number of carbonyl (C=O) groups is 1. The Bertz CT molecular complexity index is 228. The van der Waals surface area contributed by atoms with Crippen molar-refractivity contribution in [2.45, 2.75) is 68.7 Å². The topological polar surface area (TPSA) is 17.1 Å². The van der Waals surface area contributed by atoms with E-state index in [4.69, 9.17) is 0 Å². The molecule has 0 heterocycles. The van der Waals surface area contributed by atoms with E-state index in [1.165, 1.54) is 18.4 Å². The molecule has 0 atom stereocenters. The Labute approximate surface area is 152 Å². The third kappa shape index (κ3) is 32.1. The SMILES string of the molecule is C.CC.CCC.CCC.Cc1ccc(C=O)cc1.[Ar]. The van der Waals surface area contributed by atoms with Crippen molar-refractivity contribution in [3.05, 3.63) is 35.4 Å². The Kier molecular flexibility index (Phi) is 51.2. The molecule has 19 heavy (non-hydrogen) atoms. The molecular formula is C17H34ArO. The van der Waals surface area contributed by atoms with Gasteiger partial charge in [0.25, 0.3) is 0 Å². The largest absolute Gasteiger partial charge is 0.298 e. The van der Waals surface area contributed by atoms with Gasteiger partial charge in [-0.25, -0.2) is 0 Å². The van der Waals surface area contributed by atoms with E-state index in [2.05, 4.69) is 27.7 Å². The number of carbonyl (C=O) groups excluding carboxylic acids is 1. The zero-order valence-corrected chi connectivity index (χ0v) is 13.8. The predicted molar refractivity (Wildman–Crippen MR) is 86.6 cm³/mol. The first-order chi connectivity index (χ1) is 8.15. The van der Waals surface area contributed by atoms with Gasteiger partial charge in [0.05, 0.1) is 0 Å². The number of aldehydes is 1. The molecule has 1 nitrogen and oxygen atoms in total. The zero-order valence-electron chi connectivity index (χ0n) is 13.1. The van der Waals surface area contributed by atoms with E-state index in [9.17, 15) is 4.79 Å². The van der Waals surface area contributed by atoms with E-state index in [0.717, 1.165) is 11.8 Å². The molecule has 0 N–H and O–H groups in total. The van der Waals surface area contributed by atoms with E-state index in [0.29, 0.717) is 0 Å². The Morgan fingerprint density at radius 2 is 1.16 bits per heavy atom. The van der Waals surface area contributed by atoms with Crippen LogP contribution in [0.25, 0.3) is 0 Å². The van der Waals surface area contributed by atoms with Crippen molar-refractivity contribution in [2.24, 2.45) is 0 Å². The van der Waals surface area contributed by atoms with Gasteiger partial charge in [0, 0.05) is 43.3 Å². The van der Waals surface area contributed by atoms with Crippen LogP contribution in [0.2, 0.25) is 0 Å². The summed E-state index contributed by atoms with van der Waals surface area (Å²) >= 11 is 0. The maximum atomic E-state index is 10.1. The summed E-state index contributed by atoms with van der Waals surface area (Å²) in [5.41, 5.74) is 1.92. The molecule has 1 aromatic rings. The average molecular weight is 294 g/mol. The molecular weight excluding hydrogens is 260 g/mol. The summed E-state index contributed by atoms with van der Waals surface area (Å²) < 4.78 is 0. The van der Waals surface area contributed by atoms with E-state index >= 15 is 0 Å². The van der Waals surface area contributed by atoms with Crippen LogP contribution in [0.1, 0.15) is 77.7 Å². The number of rotatable bonds is 1. The standard InChI is InChI=1S/C8H8O.2C3H8.C2H6.CH4.Ar/c1-7-2-4-8(6-9)5-3-7;2*1-3-2;1-2;;/h2-6H,1H3;2*3H2,1-2H3;1-2H3;1H4;. The molecule has 0 aliphatic rings. The van der Waals surface area contributed by atoms with Crippen molar-refractivity contribution in [1.29, 1.82) is 0 Å². The van der Waals surface area contributed by atoms with Crippen molar-refractivity contribution >= 4 is 6.29 Å². The van der Waals surface area contributed by atoms with Crippen molar-refractivity contribution in [3.63, 3.8) is 0 Å². The van der Waals surface area contributed by atoms with Gasteiger partial charge in [-0.1, -0.05) is 91.6 Å². The Morgan fingerprint density at radius 1 is 0.895 bits per heavy atom. The first kappa shape index (κ1) is 31.5. The fourth-order valence-corrected chi connectivity index (χ4v) is 0.645. The molecule has 0 spiro atoms. The molecule has 116 valence electrons. The maximum absolute atomic E-state index is 10.1. The fraction of sp³-hybridized carbons (Fsp3) is 0.588. The van der Waals surface area contributed by atoms with Gasteiger partial charge in [0.15, 0.2) is 0 Å². The normalized spacial score (nSPS) is 6.47. The van der Waals surface area contributed by atoms with Gasteiger partial charge in [0.2, 0.25) is 0 Å². The summed E-state index contributed by atoms with van der Waals surface area (Å²) in [6.45, 7) is 14.5. The molecule has 0 aliphatic heterocycles. The minimum absolute atomic E-state index is 0. The third-order valence-corrected chi connectivity index (χ3v) is 1.21. The molecule has 0 saturated carbocycles. The van der Waals surface area contributed by atoms with Crippen LogP contribution < -0.4 is 0 Å². The van der Waals surface area contributed by atoms with Crippen LogP contribution in [-0.2, 0) is 0 Å². The fourth-order valence-electron chi connectivity index (χ4n) is 0.645. The van der Waals surface area contributed by atoms with Crippen LogP contribution in [-0.4, -0.2) is 6.29 Å². The molecule has 0 aliphatic carbocycles. The maximum Gasteiger partial charge on any atom is 0.150 e. The molecule has 0 amide bonds. The second-order valence-corrected chi connectivity index (χ2v) is 3.44. The van der Waals surface area contributed by atoms with Gasteiger partial charge in [0.1, 0.15) is 6.29 Å². The quantitative estimate of drug-likeness (QED) is 0.555. The van der Waals surface area contributed by atoms with Crippen LogP contribution in [0.15, 0.2) is 24.3 Å². The van der Waals surface area contributed by atoms with Crippen molar-refractivity contribution in [1.82, 2.24) is 0 Å². The Morgan fingerprint density at radius 3 is 1.37 bits per heavy atom. The number of hydrogen-bond donors (Lipinski definition) is 0. The van der Waals surface area contributed by atoms with Gasteiger partial charge in [-0.3, -0.25) is 4.79 Å². The summed E-state index contributed by atoms with van der Waals surface area (Å²) in [7, 11) is 0. The van der Waals surface area contributed by atoms with Crippen molar-refractivity contribution in [3.8, 4) is 0 Å². The molecule has 1 rings (SSSR count). The summed E-state index contributed by atoms with van der Waals surface area (Å²) in [6, 6.07) is 7.46. The Hall–Kier alpha value is 0.150. The van der Waals surface area contributed by atoms with Crippen LogP contribution in [0.4, 0.5) is 0 Å². The van der Waals surface area contributed by atoms with Gasteiger partial charge in [-0.15, -0.1) is 0 Å². The van der Waals surface area contributed by atoms with Crippen molar-refractivity contribution in [2.75, 3.05) is 0 Å². The van der Waals surface area contributed by atoms with E-state index < -0.39 is 0 Å². The van der Waals surface area contributed by atoms with Gasteiger partial charge in [-0.05, 0) is 6.92 Å². The zero-order chi connectivity index (χ0) is 14.1. The van der Waals surface area contributed by atoms with Crippen molar-refractivity contribution < 1.29 is 42.5 Å². The van der Waals surface area contributed by atoms with E-state index in [-0.39, 0.29) is 45.2 Å². The van der Waals surface area contributed by atoms with Gasteiger partial charge < -0.3 is 0 Å². The van der Waals surface area contributed by atoms with Crippen LogP contribution >= 0.6 is 0 Å². The second kappa shape index (κ2) is 30.9. The average Bonchev–Trinajstić information content (AvgIpc) is 2.35. The minimum atomic E-state index is 0. The van der Waals surface area contributed by atoms with Crippen LogP contribution in [0.3, 0.4) is 0 Å². The molecule has 0 bridgehead atoms. The van der Waals surface area contributed by atoms with E-state index in [1.54, 1.807) is 0 Å². The first-order valence-corrected chi connectivity index (χ1v) is 6.67. The smallest absolute Gasteiger partial charge is 0.150 e. The molecule has 0 radical (unpaired) electrons. The molecule has 0 aromatic heterocycles. The predicted octanol–water partition coefficient (Wildman–Crippen LogP) is 6.30. The first-order valence-electron chi connectivity index (χ1n) is 6.67. The molecule has 0 unspecified atom stereocenters. The summed E-state index contributed by atoms with van der Waals surface area (Å²) in [5.74, 6) is 0. The summed E-state index contributed by atoms with van der Waals surface area (Å²) in [6.07, 6.45) is 3.35. The molecule has 1 aromatic carbocycles. The minimum Gasteiger partial charge on any atom is -0.298 e. The molecule has 0 fully saturated rings. The Balaban J connectivity index is -0.0000000564. The third-order valence-electron chi connectivity index (χ3n) is 1.21. The van der Waals surface area contributed by atoms with Gasteiger partial charge in [-0.2, -0.15) is 0 Å². The monoisotopic (exact) mass is 294 g/mol. The summed E-state index contributed by atoms with van der Waals surface area (Å²) in [4.78, 5) is 10.1. The van der Waals surface area contributed by atoms with Crippen LogP contribution in [0, 0.1) is 44.7 Å². The number of benzene rings is 1. The number of hydrogen-bond acceptors (Lipinski definition) is 1. The molecule has 0 saturated heterocycles. The molecule has 2 heteroatoms. The van der Waals surface area contributed by atoms with Crippen LogP contribution in [0.5, 0.6) is 0 Å². The second-order valence-electron chi connectivity index (χ2n) is 3.44.